The Hall–Kier alpha value is -0.670. The van der Waals surface area contributed by atoms with Crippen molar-refractivity contribution in [2.75, 3.05) is 0 Å². The van der Waals surface area contributed by atoms with Gasteiger partial charge >= 0.3 is 0 Å². The van der Waals surface area contributed by atoms with Crippen LogP contribution in [0.25, 0.3) is 0 Å². The van der Waals surface area contributed by atoms with Crippen molar-refractivity contribution in [2.45, 2.75) is 25.9 Å². The normalized spacial score (nSPS) is 11.6. The Morgan fingerprint density at radius 1 is 1.67 bits per heavy atom. The molecule has 0 unspecified atom stereocenters. The van der Waals surface area contributed by atoms with Gasteiger partial charge in [0.05, 0.1) is 0 Å². The minimum Gasteiger partial charge on any atom is -0.383 e. The summed E-state index contributed by atoms with van der Waals surface area (Å²) < 4.78 is 0. The molecule has 0 aliphatic carbocycles. The third kappa shape index (κ3) is 2.43. The molecule has 2 nitrogen and oxygen atoms in total. The van der Waals surface area contributed by atoms with Gasteiger partial charge in [0.25, 0.3) is 0 Å². The highest BCUT2D eigenvalue weighted by atomic mass is 32.1. The number of thiophene rings is 1. The number of aliphatic hydroxyl groups is 1. The molecule has 1 heterocycles. The summed E-state index contributed by atoms with van der Waals surface area (Å²) in [5, 5.41) is 11.3. The van der Waals surface area contributed by atoms with Crippen LogP contribution in [0.2, 0.25) is 0 Å². The van der Waals surface area contributed by atoms with Gasteiger partial charge < -0.3 is 5.11 Å². The van der Waals surface area contributed by atoms with Gasteiger partial charge in [-0.1, -0.05) is 6.07 Å². The molecule has 1 N–H and O–H groups in total. The van der Waals surface area contributed by atoms with Gasteiger partial charge in [-0.3, -0.25) is 4.79 Å². The van der Waals surface area contributed by atoms with E-state index in [1.54, 1.807) is 0 Å². The Morgan fingerprint density at radius 2 is 2.33 bits per heavy atom. The molecule has 0 saturated carbocycles. The maximum absolute atomic E-state index is 11.3. The maximum atomic E-state index is 11.3. The SMILES string of the molecule is CC(C)(O)C(=O)Cc1cccs1. The van der Waals surface area contributed by atoms with Gasteiger partial charge in [-0.15, -0.1) is 11.3 Å². The van der Waals surface area contributed by atoms with E-state index < -0.39 is 5.60 Å². The Morgan fingerprint density at radius 3 is 2.75 bits per heavy atom. The quantitative estimate of drug-likeness (QED) is 0.775. The summed E-state index contributed by atoms with van der Waals surface area (Å²) in [4.78, 5) is 12.3. The fraction of sp³-hybridized carbons (Fsp3) is 0.444. The van der Waals surface area contributed by atoms with Gasteiger partial charge in [0, 0.05) is 11.3 Å². The number of hydrogen-bond acceptors (Lipinski definition) is 3. The maximum Gasteiger partial charge on any atom is 0.168 e. The smallest absolute Gasteiger partial charge is 0.168 e. The summed E-state index contributed by atoms with van der Waals surface area (Å²) in [5.74, 6) is -0.134. The second-order valence-electron chi connectivity index (χ2n) is 3.24. The minimum absolute atomic E-state index is 0.134. The van der Waals surface area contributed by atoms with E-state index in [9.17, 15) is 9.90 Å². The fourth-order valence-electron chi connectivity index (χ4n) is 0.788. The lowest BCUT2D eigenvalue weighted by Crippen LogP contribution is -2.32. The molecule has 0 aliphatic heterocycles. The van der Waals surface area contributed by atoms with E-state index in [-0.39, 0.29) is 5.78 Å². The van der Waals surface area contributed by atoms with Crippen molar-refractivity contribution < 1.29 is 9.90 Å². The van der Waals surface area contributed by atoms with Crippen LogP contribution in [0.15, 0.2) is 17.5 Å². The van der Waals surface area contributed by atoms with Crippen LogP contribution in [0.1, 0.15) is 18.7 Å². The van der Waals surface area contributed by atoms with Crippen molar-refractivity contribution in [1.82, 2.24) is 0 Å². The third-order valence-corrected chi connectivity index (χ3v) is 2.47. The van der Waals surface area contributed by atoms with Crippen LogP contribution in [-0.2, 0) is 11.2 Å². The number of Topliss-reactive ketones (excluding diaryl/α,β-unsaturated/α-hetero) is 1. The van der Waals surface area contributed by atoms with Crippen molar-refractivity contribution in [3.05, 3.63) is 22.4 Å². The summed E-state index contributed by atoms with van der Waals surface area (Å²) in [7, 11) is 0. The monoisotopic (exact) mass is 184 g/mol. The van der Waals surface area contributed by atoms with Gasteiger partial charge in [-0.25, -0.2) is 0 Å². The Kier molecular flexibility index (Phi) is 2.65. The molecule has 1 rings (SSSR count). The number of ketones is 1. The van der Waals surface area contributed by atoms with E-state index in [0.717, 1.165) is 4.88 Å². The van der Waals surface area contributed by atoms with Gasteiger partial charge in [0.15, 0.2) is 5.78 Å². The van der Waals surface area contributed by atoms with Crippen molar-refractivity contribution in [2.24, 2.45) is 0 Å². The first-order valence-corrected chi connectivity index (χ1v) is 4.66. The molecule has 0 bridgehead atoms. The van der Waals surface area contributed by atoms with Gasteiger partial charge in [-0.2, -0.15) is 0 Å². The highest BCUT2D eigenvalue weighted by Crippen LogP contribution is 2.13. The molecule has 0 saturated heterocycles. The molecule has 66 valence electrons. The predicted molar refractivity (Wildman–Crippen MR) is 49.3 cm³/mol. The average Bonchev–Trinajstić information content (AvgIpc) is 2.37. The molecular weight excluding hydrogens is 172 g/mol. The van der Waals surface area contributed by atoms with Crippen LogP contribution in [0.4, 0.5) is 0 Å². The zero-order valence-corrected chi connectivity index (χ0v) is 8.02. The molecule has 0 amide bonds. The molecule has 1 aromatic heterocycles. The number of carbonyl (C=O) groups excluding carboxylic acids is 1. The van der Waals surface area contributed by atoms with Crippen LogP contribution in [0.5, 0.6) is 0 Å². The Labute approximate surface area is 75.9 Å². The Balaban J connectivity index is 2.60. The lowest BCUT2D eigenvalue weighted by Gasteiger charge is -2.14. The molecule has 1 aromatic rings. The lowest BCUT2D eigenvalue weighted by molar-refractivity contribution is -0.133. The van der Waals surface area contributed by atoms with E-state index in [4.69, 9.17) is 0 Å². The molecule has 12 heavy (non-hydrogen) atoms. The number of hydrogen-bond donors (Lipinski definition) is 1. The summed E-state index contributed by atoms with van der Waals surface area (Å²) in [5.41, 5.74) is -1.20. The molecule has 0 aromatic carbocycles. The van der Waals surface area contributed by atoms with Crippen LogP contribution < -0.4 is 0 Å². The van der Waals surface area contributed by atoms with E-state index in [2.05, 4.69) is 0 Å². The van der Waals surface area contributed by atoms with Crippen molar-refractivity contribution >= 4 is 17.1 Å². The van der Waals surface area contributed by atoms with E-state index in [1.165, 1.54) is 25.2 Å². The first-order valence-electron chi connectivity index (χ1n) is 3.78. The summed E-state index contributed by atoms with van der Waals surface area (Å²) in [6.45, 7) is 3.03. The number of carbonyl (C=O) groups is 1. The highest BCUT2D eigenvalue weighted by molar-refractivity contribution is 7.10. The predicted octanol–water partition coefficient (Wildman–Crippen LogP) is 1.63. The molecule has 0 aliphatic rings. The minimum atomic E-state index is -1.20. The molecule has 0 atom stereocenters. The second kappa shape index (κ2) is 3.37. The van der Waals surface area contributed by atoms with Gasteiger partial charge in [-0.05, 0) is 25.3 Å². The van der Waals surface area contributed by atoms with Crippen molar-refractivity contribution in [1.29, 1.82) is 0 Å². The molecule has 0 fully saturated rings. The topological polar surface area (TPSA) is 37.3 Å². The summed E-state index contributed by atoms with van der Waals surface area (Å²) >= 11 is 1.54. The first-order chi connectivity index (χ1) is 5.50. The molecule has 0 spiro atoms. The van der Waals surface area contributed by atoms with Gasteiger partial charge in [0.2, 0.25) is 0 Å². The van der Waals surface area contributed by atoms with Crippen molar-refractivity contribution in [3.8, 4) is 0 Å². The third-order valence-electron chi connectivity index (χ3n) is 1.60. The standard InChI is InChI=1S/C9H12O2S/c1-9(2,11)8(10)6-7-4-3-5-12-7/h3-5,11H,6H2,1-2H3. The first kappa shape index (κ1) is 9.42. The van der Waals surface area contributed by atoms with E-state index in [1.807, 2.05) is 17.5 Å². The zero-order valence-electron chi connectivity index (χ0n) is 7.20. The summed E-state index contributed by atoms with van der Waals surface area (Å²) in [6.07, 6.45) is 0.334. The average molecular weight is 184 g/mol. The van der Waals surface area contributed by atoms with Crippen molar-refractivity contribution in [3.63, 3.8) is 0 Å². The van der Waals surface area contributed by atoms with E-state index >= 15 is 0 Å². The second-order valence-corrected chi connectivity index (χ2v) is 4.27. The van der Waals surface area contributed by atoms with E-state index in [0.29, 0.717) is 6.42 Å². The van der Waals surface area contributed by atoms with Crippen LogP contribution in [0, 0.1) is 0 Å². The molecular formula is C9H12O2S. The Bertz CT molecular complexity index is 257. The lowest BCUT2D eigenvalue weighted by atomic mass is 10.0. The zero-order chi connectivity index (χ0) is 9.19. The molecule has 3 heteroatoms. The number of rotatable bonds is 3. The molecule has 0 radical (unpaired) electrons. The van der Waals surface area contributed by atoms with Crippen LogP contribution in [0.3, 0.4) is 0 Å². The van der Waals surface area contributed by atoms with Gasteiger partial charge in [0.1, 0.15) is 5.60 Å². The fourth-order valence-corrected chi connectivity index (χ4v) is 1.49. The van der Waals surface area contributed by atoms with Crippen LogP contribution in [-0.4, -0.2) is 16.5 Å². The summed E-state index contributed by atoms with van der Waals surface area (Å²) in [6, 6.07) is 3.80. The van der Waals surface area contributed by atoms with Crippen LogP contribution >= 0.6 is 11.3 Å². The largest absolute Gasteiger partial charge is 0.383 e. The highest BCUT2D eigenvalue weighted by Gasteiger charge is 2.23.